The van der Waals surface area contributed by atoms with Crippen LogP contribution < -0.4 is 15.1 Å². The largest absolute Gasteiger partial charge is 0.372 e. The van der Waals surface area contributed by atoms with Gasteiger partial charge in [0.25, 0.3) is 11.8 Å². The zero-order chi connectivity index (χ0) is 20.3. The number of hydrogen-bond acceptors (Lipinski definition) is 4. The van der Waals surface area contributed by atoms with Crippen LogP contribution in [0.1, 0.15) is 19.4 Å². The maximum absolute atomic E-state index is 14.2. The van der Waals surface area contributed by atoms with Gasteiger partial charge in [0.1, 0.15) is 11.4 Å². The second-order valence-corrected chi connectivity index (χ2v) is 6.56. The fourth-order valence-electron chi connectivity index (χ4n) is 3.05. The molecule has 1 heterocycles. The summed E-state index contributed by atoms with van der Waals surface area (Å²) in [5, 5.41) is 2.31. The SMILES string of the molecule is CCN(CC)c1ccc(/C=C2/C(=O)NC(=S)N(c3ccccc3F)C2=O)cc1. The van der Waals surface area contributed by atoms with E-state index in [1.54, 1.807) is 6.07 Å². The minimum Gasteiger partial charge on any atom is -0.372 e. The monoisotopic (exact) mass is 397 g/mol. The van der Waals surface area contributed by atoms with Crippen molar-refractivity contribution in [2.75, 3.05) is 22.9 Å². The van der Waals surface area contributed by atoms with Gasteiger partial charge in [0.15, 0.2) is 5.11 Å². The van der Waals surface area contributed by atoms with Crippen LogP contribution in [0, 0.1) is 5.82 Å². The molecule has 2 aromatic carbocycles. The van der Waals surface area contributed by atoms with Gasteiger partial charge in [-0.25, -0.2) is 9.29 Å². The minimum absolute atomic E-state index is 0.000260. The average Bonchev–Trinajstić information content (AvgIpc) is 2.68. The Morgan fingerprint density at radius 3 is 2.32 bits per heavy atom. The number of rotatable bonds is 5. The molecule has 1 aliphatic heterocycles. The van der Waals surface area contributed by atoms with Gasteiger partial charge in [0, 0.05) is 18.8 Å². The summed E-state index contributed by atoms with van der Waals surface area (Å²) in [6.07, 6.45) is 1.49. The third-order valence-corrected chi connectivity index (χ3v) is 4.81. The molecule has 1 N–H and O–H groups in total. The quantitative estimate of drug-likeness (QED) is 0.477. The van der Waals surface area contributed by atoms with Gasteiger partial charge in [0.05, 0.1) is 5.69 Å². The molecule has 144 valence electrons. The third kappa shape index (κ3) is 3.80. The summed E-state index contributed by atoms with van der Waals surface area (Å²) in [5.41, 5.74) is 1.64. The molecule has 1 fully saturated rings. The molecule has 0 saturated carbocycles. The fraction of sp³-hybridized carbons (Fsp3) is 0.190. The number of benzene rings is 2. The van der Waals surface area contributed by atoms with Crippen molar-refractivity contribution < 1.29 is 14.0 Å². The van der Waals surface area contributed by atoms with E-state index < -0.39 is 17.6 Å². The molecule has 0 aliphatic carbocycles. The Morgan fingerprint density at radius 2 is 1.71 bits per heavy atom. The van der Waals surface area contributed by atoms with Crippen molar-refractivity contribution in [3.05, 3.63) is 65.5 Å². The Hall–Kier alpha value is -3.06. The first-order chi connectivity index (χ1) is 13.5. The van der Waals surface area contributed by atoms with Crippen LogP contribution in [-0.4, -0.2) is 30.0 Å². The first-order valence-electron chi connectivity index (χ1n) is 8.97. The van der Waals surface area contributed by atoms with E-state index in [0.29, 0.717) is 5.56 Å². The molecule has 28 heavy (non-hydrogen) atoms. The zero-order valence-electron chi connectivity index (χ0n) is 15.6. The third-order valence-electron chi connectivity index (χ3n) is 4.53. The molecule has 5 nitrogen and oxygen atoms in total. The molecule has 3 rings (SSSR count). The summed E-state index contributed by atoms with van der Waals surface area (Å²) in [5.74, 6) is -1.86. The van der Waals surface area contributed by atoms with Crippen LogP contribution >= 0.6 is 12.2 Å². The van der Waals surface area contributed by atoms with Crippen LogP contribution in [0.25, 0.3) is 6.08 Å². The number of nitrogens with zero attached hydrogens (tertiary/aromatic N) is 2. The zero-order valence-corrected chi connectivity index (χ0v) is 16.4. The fourth-order valence-corrected chi connectivity index (χ4v) is 3.32. The van der Waals surface area contributed by atoms with E-state index in [2.05, 4.69) is 24.1 Å². The molecule has 1 saturated heterocycles. The lowest BCUT2D eigenvalue weighted by atomic mass is 10.1. The van der Waals surface area contributed by atoms with Crippen molar-refractivity contribution in [2.24, 2.45) is 0 Å². The van der Waals surface area contributed by atoms with E-state index in [4.69, 9.17) is 12.2 Å². The Bertz CT molecular complexity index is 952. The van der Waals surface area contributed by atoms with Gasteiger partial charge in [-0.3, -0.25) is 14.9 Å². The number of carbonyl (C=O) groups excluding carboxylic acids is 2. The van der Waals surface area contributed by atoms with E-state index in [-0.39, 0.29) is 16.4 Å². The van der Waals surface area contributed by atoms with Gasteiger partial charge in [-0.05, 0) is 62.0 Å². The van der Waals surface area contributed by atoms with Crippen molar-refractivity contribution in [2.45, 2.75) is 13.8 Å². The van der Waals surface area contributed by atoms with Crippen LogP contribution in [0.3, 0.4) is 0 Å². The highest BCUT2D eigenvalue weighted by Crippen LogP contribution is 2.25. The molecule has 0 bridgehead atoms. The lowest BCUT2D eigenvalue weighted by Gasteiger charge is -2.29. The van der Waals surface area contributed by atoms with Crippen molar-refractivity contribution in [1.82, 2.24) is 5.32 Å². The summed E-state index contributed by atoms with van der Waals surface area (Å²) in [6, 6.07) is 13.3. The van der Waals surface area contributed by atoms with Gasteiger partial charge >= 0.3 is 0 Å². The summed E-state index contributed by atoms with van der Waals surface area (Å²) in [4.78, 5) is 28.4. The summed E-state index contributed by atoms with van der Waals surface area (Å²) in [6.45, 7) is 5.91. The van der Waals surface area contributed by atoms with Gasteiger partial charge in [-0.1, -0.05) is 24.3 Å². The van der Waals surface area contributed by atoms with Crippen LogP contribution in [0.15, 0.2) is 54.1 Å². The average molecular weight is 397 g/mol. The summed E-state index contributed by atoms with van der Waals surface area (Å²) < 4.78 is 14.2. The molecule has 0 radical (unpaired) electrons. The minimum atomic E-state index is -0.660. The van der Waals surface area contributed by atoms with Crippen molar-refractivity contribution in [3.63, 3.8) is 0 Å². The van der Waals surface area contributed by atoms with Crippen molar-refractivity contribution >= 4 is 46.6 Å². The van der Waals surface area contributed by atoms with Gasteiger partial charge in [-0.15, -0.1) is 0 Å². The number of anilines is 2. The highest BCUT2D eigenvalue weighted by Gasteiger charge is 2.35. The maximum Gasteiger partial charge on any atom is 0.270 e. The highest BCUT2D eigenvalue weighted by atomic mass is 32.1. The molecular weight excluding hydrogens is 377 g/mol. The number of para-hydroxylation sites is 1. The van der Waals surface area contributed by atoms with Crippen LogP contribution in [0.2, 0.25) is 0 Å². The lowest BCUT2D eigenvalue weighted by Crippen LogP contribution is -2.54. The van der Waals surface area contributed by atoms with Crippen LogP contribution in [0.4, 0.5) is 15.8 Å². The van der Waals surface area contributed by atoms with Crippen LogP contribution in [0.5, 0.6) is 0 Å². The Morgan fingerprint density at radius 1 is 1.07 bits per heavy atom. The maximum atomic E-state index is 14.2. The predicted molar refractivity (Wildman–Crippen MR) is 113 cm³/mol. The number of thiocarbonyl (C=S) groups is 1. The Balaban J connectivity index is 1.94. The smallest absolute Gasteiger partial charge is 0.270 e. The Kier molecular flexibility index (Phi) is 5.84. The van der Waals surface area contributed by atoms with Gasteiger partial charge in [-0.2, -0.15) is 0 Å². The normalized spacial score (nSPS) is 15.8. The van der Waals surface area contributed by atoms with E-state index in [1.807, 2.05) is 24.3 Å². The molecule has 2 aromatic rings. The molecule has 0 aromatic heterocycles. The topological polar surface area (TPSA) is 52.7 Å². The number of amides is 2. The van der Waals surface area contributed by atoms with Crippen molar-refractivity contribution in [1.29, 1.82) is 0 Å². The first kappa shape index (κ1) is 19.7. The standard InChI is InChI=1S/C21H20FN3O2S/c1-3-24(4-2)15-11-9-14(10-12-15)13-16-19(26)23-21(28)25(20(16)27)18-8-6-5-7-17(18)22/h5-13H,3-4H2,1-2H3,(H,23,26,28)/b16-13-. The number of halogens is 1. The lowest BCUT2D eigenvalue weighted by molar-refractivity contribution is -0.122. The second kappa shape index (κ2) is 8.31. The summed E-state index contributed by atoms with van der Waals surface area (Å²) in [7, 11) is 0. The Labute approximate surface area is 168 Å². The molecule has 7 heteroatoms. The molecule has 2 amide bonds. The van der Waals surface area contributed by atoms with E-state index in [1.165, 1.54) is 24.3 Å². The summed E-state index contributed by atoms with van der Waals surface area (Å²) >= 11 is 5.09. The van der Waals surface area contributed by atoms with Crippen LogP contribution in [-0.2, 0) is 9.59 Å². The van der Waals surface area contributed by atoms with E-state index in [9.17, 15) is 14.0 Å². The molecule has 0 unspecified atom stereocenters. The van der Waals surface area contributed by atoms with Gasteiger partial charge in [0.2, 0.25) is 0 Å². The second-order valence-electron chi connectivity index (χ2n) is 6.17. The molecule has 1 aliphatic rings. The molecule has 0 spiro atoms. The van der Waals surface area contributed by atoms with E-state index in [0.717, 1.165) is 23.7 Å². The van der Waals surface area contributed by atoms with Crippen molar-refractivity contribution in [3.8, 4) is 0 Å². The van der Waals surface area contributed by atoms with E-state index >= 15 is 0 Å². The van der Waals surface area contributed by atoms with Gasteiger partial charge < -0.3 is 4.90 Å². The number of carbonyl (C=O) groups is 2. The number of nitrogens with one attached hydrogen (secondary N) is 1. The first-order valence-corrected chi connectivity index (χ1v) is 9.38. The molecule has 0 atom stereocenters. The highest BCUT2D eigenvalue weighted by molar-refractivity contribution is 7.80. The number of hydrogen-bond donors (Lipinski definition) is 1. The predicted octanol–water partition coefficient (Wildman–Crippen LogP) is 3.50. The molecular formula is C21H20FN3O2S.